The fraction of sp³-hybridized carbons (Fsp3) is 0.500. The lowest BCUT2D eigenvalue weighted by molar-refractivity contribution is -0.300. The fourth-order valence-electron chi connectivity index (χ4n) is 0.391. The molecule has 0 fully saturated rings. The molecule has 5 heteroatoms. The molecule has 5 nitrogen and oxygen atoms in total. The van der Waals surface area contributed by atoms with Crippen LogP contribution in [0.25, 0.3) is 0 Å². The Morgan fingerprint density at radius 2 is 1.46 bits per heavy atom. The van der Waals surface area contributed by atoms with Crippen LogP contribution >= 0.6 is 0 Å². The number of hydrogen-bond acceptors (Lipinski definition) is 3. The van der Waals surface area contributed by atoms with Crippen LogP contribution in [-0.4, -0.2) is 22.2 Å². The third-order valence-corrected chi connectivity index (χ3v) is 0.781. The summed E-state index contributed by atoms with van der Waals surface area (Å²) in [7, 11) is 0. The Morgan fingerprint density at radius 3 is 1.62 bits per heavy atom. The van der Waals surface area contributed by atoms with Crippen LogP contribution in [0.3, 0.4) is 0 Å². The zero-order valence-corrected chi connectivity index (χ0v) is 7.45. The largest absolute Gasteiger partial charge is 0.876 e. The minimum absolute atomic E-state index is 0.0632. The van der Waals surface area contributed by atoms with Gasteiger partial charge in [-0.05, 0) is 6.42 Å². The highest BCUT2D eigenvalue weighted by Crippen LogP contribution is 1.93. The van der Waals surface area contributed by atoms with Crippen LogP contribution in [-0.2, 0) is 9.59 Å². The maximum Gasteiger partial charge on any atom is 0.303 e. The van der Waals surface area contributed by atoms with Crippen molar-refractivity contribution in [1.82, 2.24) is 0 Å². The first-order valence-electron chi connectivity index (χ1n) is 3.62. The molecular weight excluding hydrogens is 176 g/mol. The van der Waals surface area contributed by atoms with Crippen molar-refractivity contribution in [1.29, 1.82) is 0 Å². The Hall–Kier alpha value is -1.52. The summed E-state index contributed by atoms with van der Waals surface area (Å²) in [5.74, 6) is -1.98. The third kappa shape index (κ3) is 37.5. The first-order chi connectivity index (χ1) is 5.86. The van der Waals surface area contributed by atoms with E-state index in [0.29, 0.717) is 0 Å². The second-order valence-electron chi connectivity index (χ2n) is 2.34. The van der Waals surface area contributed by atoms with Crippen LogP contribution in [0.1, 0.15) is 26.2 Å². The van der Waals surface area contributed by atoms with E-state index in [4.69, 9.17) is 10.2 Å². The summed E-state index contributed by atoms with van der Waals surface area (Å²) in [4.78, 5) is 19.6. The molecule has 0 aromatic heterocycles. The topological polar surface area (TPSA) is 97.7 Å². The molecular formula is C8H13O5-. The molecule has 0 aromatic carbocycles. The van der Waals surface area contributed by atoms with Gasteiger partial charge in [0.1, 0.15) is 0 Å². The van der Waals surface area contributed by atoms with Crippen molar-refractivity contribution in [3.63, 3.8) is 0 Å². The van der Waals surface area contributed by atoms with E-state index < -0.39 is 11.9 Å². The highest BCUT2D eigenvalue weighted by atomic mass is 16.4. The second kappa shape index (κ2) is 8.58. The van der Waals surface area contributed by atoms with Gasteiger partial charge in [-0.15, -0.1) is 12.3 Å². The van der Waals surface area contributed by atoms with Crippen molar-refractivity contribution >= 4 is 11.9 Å². The molecule has 0 aliphatic heterocycles. The zero-order chi connectivity index (χ0) is 10.9. The number of carbonyl (C=O) groups is 2. The molecule has 2 N–H and O–H groups in total. The summed E-state index contributed by atoms with van der Waals surface area (Å²) in [5, 5.41) is 25.4. The predicted molar refractivity (Wildman–Crippen MR) is 43.9 cm³/mol. The van der Waals surface area contributed by atoms with Gasteiger partial charge in [-0.1, -0.05) is 6.92 Å². The SMILES string of the molecule is C=C(C)[O-].O=C(O)CCCC(=O)O. The molecule has 0 atom stereocenters. The van der Waals surface area contributed by atoms with E-state index in [0.717, 1.165) is 0 Å². The van der Waals surface area contributed by atoms with Gasteiger partial charge in [-0.3, -0.25) is 9.59 Å². The van der Waals surface area contributed by atoms with Gasteiger partial charge in [0.2, 0.25) is 0 Å². The van der Waals surface area contributed by atoms with Crippen LogP contribution in [0.2, 0.25) is 0 Å². The average molecular weight is 189 g/mol. The zero-order valence-electron chi connectivity index (χ0n) is 7.45. The molecule has 0 spiro atoms. The van der Waals surface area contributed by atoms with Crippen LogP contribution in [0, 0.1) is 0 Å². The normalized spacial score (nSPS) is 8.08. The number of aliphatic carboxylic acids is 2. The molecule has 0 rings (SSSR count). The molecule has 0 radical (unpaired) electrons. The lowest BCUT2D eigenvalue weighted by Crippen LogP contribution is -1.98. The lowest BCUT2D eigenvalue weighted by Gasteiger charge is -1.92. The van der Waals surface area contributed by atoms with Crippen LogP contribution in [0.15, 0.2) is 12.3 Å². The molecule has 0 aromatic rings. The van der Waals surface area contributed by atoms with Crippen molar-refractivity contribution in [2.75, 3.05) is 0 Å². The summed E-state index contributed by atoms with van der Waals surface area (Å²) in [6.07, 6.45) is 0.0866. The molecule has 0 saturated heterocycles. The van der Waals surface area contributed by atoms with Gasteiger partial charge < -0.3 is 15.3 Å². The van der Waals surface area contributed by atoms with Gasteiger partial charge >= 0.3 is 11.9 Å². The van der Waals surface area contributed by atoms with Crippen molar-refractivity contribution in [3.8, 4) is 0 Å². The number of carboxylic acid groups (broad SMARTS) is 2. The van der Waals surface area contributed by atoms with Gasteiger partial charge in [-0.2, -0.15) is 0 Å². The lowest BCUT2D eigenvalue weighted by atomic mass is 10.2. The second-order valence-corrected chi connectivity index (χ2v) is 2.34. The summed E-state index contributed by atoms with van der Waals surface area (Å²) in [6, 6.07) is 0. The molecule has 0 unspecified atom stereocenters. The maximum atomic E-state index is 9.79. The van der Waals surface area contributed by atoms with E-state index in [1.807, 2.05) is 0 Å². The van der Waals surface area contributed by atoms with Gasteiger partial charge in [0, 0.05) is 12.8 Å². The van der Waals surface area contributed by atoms with Crippen LogP contribution in [0.5, 0.6) is 0 Å². The first kappa shape index (κ1) is 14.0. The van der Waals surface area contributed by atoms with Crippen molar-refractivity contribution in [3.05, 3.63) is 12.3 Å². The molecule has 0 aliphatic carbocycles. The summed E-state index contributed by atoms with van der Waals surface area (Å²) < 4.78 is 0. The van der Waals surface area contributed by atoms with E-state index in [9.17, 15) is 14.7 Å². The fourth-order valence-corrected chi connectivity index (χ4v) is 0.391. The highest BCUT2D eigenvalue weighted by Gasteiger charge is 1.99. The maximum absolute atomic E-state index is 9.79. The molecule has 13 heavy (non-hydrogen) atoms. The molecule has 0 saturated carbocycles. The monoisotopic (exact) mass is 189 g/mol. The Bertz CT molecular complexity index is 167. The van der Waals surface area contributed by atoms with E-state index in [1.165, 1.54) is 6.92 Å². The van der Waals surface area contributed by atoms with Gasteiger partial charge in [0.25, 0.3) is 0 Å². The van der Waals surface area contributed by atoms with Crippen molar-refractivity contribution < 1.29 is 24.9 Å². The number of hydrogen-bond donors (Lipinski definition) is 2. The van der Waals surface area contributed by atoms with Gasteiger partial charge in [0.15, 0.2) is 0 Å². The van der Waals surface area contributed by atoms with Crippen molar-refractivity contribution in [2.45, 2.75) is 26.2 Å². The Kier molecular flexibility index (Phi) is 9.25. The summed E-state index contributed by atoms with van der Waals surface area (Å²) in [5.41, 5.74) is 0. The van der Waals surface area contributed by atoms with E-state index in [2.05, 4.69) is 6.58 Å². The Labute approximate surface area is 76.3 Å². The predicted octanol–water partition coefficient (Wildman–Crippen LogP) is 0.206. The molecule has 0 heterocycles. The Morgan fingerprint density at radius 1 is 1.23 bits per heavy atom. The smallest absolute Gasteiger partial charge is 0.303 e. The highest BCUT2D eigenvalue weighted by molar-refractivity contribution is 5.69. The molecule has 0 amide bonds. The number of rotatable bonds is 4. The quantitative estimate of drug-likeness (QED) is 0.616. The summed E-state index contributed by atoms with van der Waals surface area (Å²) >= 11 is 0. The number of allylic oxidation sites excluding steroid dienone is 1. The minimum Gasteiger partial charge on any atom is -0.876 e. The minimum atomic E-state index is -0.948. The molecule has 0 bridgehead atoms. The first-order valence-corrected chi connectivity index (χ1v) is 3.62. The van der Waals surface area contributed by atoms with E-state index >= 15 is 0 Å². The van der Waals surface area contributed by atoms with Crippen LogP contribution < -0.4 is 5.11 Å². The van der Waals surface area contributed by atoms with Gasteiger partial charge in [0.05, 0.1) is 0 Å². The summed E-state index contributed by atoms with van der Waals surface area (Å²) in [6.45, 7) is 4.42. The van der Waals surface area contributed by atoms with Gasteiger partial charge in [-0.25, -0.2) is 0 Å². The van der Waals surface area contributed by atoms with Crippen molar-refractivity contribution in [2.24, 2.45) is 0 Å². The third-order valence-electron chi connectivity index (χ3n) is 0.781. The Balaban J connectivity index is 0. The molecule has 0 aliphatic rings. The molecule has 76 valence electrons. The standard InChI is InChI=1S/C5H8O4.C3H6O/c6-4(7)2-1-3-5(8)9;1-3(2)4/h1-3H2,(H,6,7)(H,8,9);4H,1H2,2H3/p-1. The average Bonchev–Trinajstić information content (AvgIpc) is 1.83. The van der Waals surface area contributed by atoms with E-state index in [-0.39, 0.29) is 25.0 Å². The van der Waals surface area contributed by atoms with Crippen LogP contribution in [0.4, 0.5) is 0 Å². The number of carboxylic acids is 2. The van der Waals surface area contributed by atoms with E-state index in [1.54, 1.807) is 0 Å².